The zero-order valence-corrected chi connectivity index (χ0v) is 10.1. The molecule has 0 unspecified atom stereocenters. The van der Waals surface area contributed by atoms with Crippen molar-refractivity contribution in [3.8, 4) is 0 Å². The molecule has 14 heavy (non-hydrogen) atoms. The average molecular weight is 308 g/mol. The first kappa shape index (κ1) is 11.5. The van der Waals surface area contributed by atoms with Gasteiger partial charge in [-0.1, -0.05) is 0 Å². The van der Waals surface area contributed by atoms with E-state index in [0.29, 0.717) is 13.1 Å². The fourth-order valence-electron chi connectivity index (χ4n) is 0.985. The summed E-state index contributed by atoms with van der Waals surface area (Å²) in [6.07, 6.45) is 0. The van der Waals surface area contributed by atoms with Crippen molar-refractivity contribution in [3.05, 3.63) is 21.7 Å². The molecule has 78 valence electrons. The minimum atomic E-state index is -0.000605. The van der Waals surface area contributed by atoms with E-state index in [0.717, 1.165) is 16.1 Å². The van der Waals surface area contributed by atoms with E-state index in [-0.39, 0.29) is 5.91 Å². The van der Waals surface area contributed by atoms with E-state index >= 15 is 0 Å². The lowest BCUT2D eigenvalue weighted by atomic mass is 10.4. The Balaban J connectivity index is 2.07. The molecule has 0 aliphatic rings. The molecule has 1 aromatic heterocycles. The van der Waals surface area contributed by atoms with Crippen molar-refractivity contribution >= 4 is 28.5 Å². The third kappa shape index (κ3) is 4.61. The molecule has 1 amide bonds. The molecule has 0 aromatic carbocycles. The third-order valence-corrected chi connectivity index (χ3v) is 2.18. The van der Waals surface area contributed by atoms with Gasteiger partial charge in [-0.05, 0) is 34.7 Å². The smallest absolute Gasteiger partial charge is 0.216 e. The number of furan rings is 1. The van der Waals surface area contributed by atoms with Gasteiger partial charge in [0, 0.05) is 20.0 Å². The van der Waals surface area contributed by atoms with E-state index in [1.807, 2.05) is 12.1 Å². The molecule has 1 heterocycles. The highest BCUT2D eigenvalue weighted by molar-refractivity contribution is 14.1. The fourth-order valence-corrected chi connectivity index (χ4v) is 1.45. The highest BCUT2D eigenvalue weighted by Crippen LogP contribution is 2.09. The topological polar surface area (TPSA) is 54.3 Å². The number of rotatable bonds is 5. The van der Waals surface area contributed by atoms with E-state index in [1.54, 1.807) is 0 Å². The van der Waals surface area contributed by atoms with Crippen LogP contribution in [0.15, 0.2) is 16.5 Å². The van der Waals surface area contributed by atoms with Crippen LogP contribution in [0.4, 0.5) is 0 Å². The van der Waals surface area contributed by atoms with Gasteiger partial charge >= 0.3 is 0 Å². The molecule has 2 N–H and O–H groups in total. The Morgan fingerprint density at radius 2 is 2.29 bits per heavy atom. The Morgan fingerprint density at radius 1 is 1.50 bits per heavy atom. The monoisotopic (exact) mass is 308 g/mol. The zero-order valence-electron chi connectivity index (χ0n) is 7.97. The summed E-state index contributed by atoms with van der Waals surface area (Å²) in [4.78, 5) is 10.5. The summed E-state index contributed by atoms with van der Waals surface area (Å²) < 4.78 is 6.24. The first-order valence-electron chi connectivity index (χ1n) is 4.38. The standard InChI is InChI=1S/C9H13IN2O2/c1-7(13)12-5-4-11-6-8-2-3-9(10)14-8/h2-3,11H,4-6H2,1H3,(H,12,13). The van der Waals surface area contributed by atoms with Crippen LogP contribution in [-0.4, -0.2) is 19.0 Å². The van der Waals surface area contributed by atoms with Gasteiger partial charge in [-0.25, -0.2) is 0 Å². The molecule has 0 bridgehead atoms. The molecular formula is C9H13IN2O2. The number of nitrogens with one attached hydrogen (secondary N) is 2. The lowest BCUT2D eigenvalue weighted by molar-refractivity contribution is -0.118. The van der Waals surface area contributed by atoms with Crippen LogP contribution in [0, 0.1) is 3.77 Å². The predicted molar refractivity (Wildman–Crippen MR) is 61.8 cm³/mol. The van der Waals surface area contributed by atoms with E-state index in [4.69, 9.17) is 4.42 Å². The maximum Gasteiger partial charge on any atom is 0.216 e. The number of carbonyl (C=O) groups is 1. The summed E-state index contributed by atoms with van der Waals surface area (Å²) in [5.74, 6) is 0.913. The van der Waals surface area contributed by atoms with Crippen molar-refractivity contribution in [1.82, 2.24) is 10.6 Å². The molecule has 1 aromatic rings. The highest BCUT2D eigenvalue weighted by Gasteiger charge is 1.97. The molecule has 5 heteroatoms. The van der Waals surface area contributed by atoms with Crippen LogP contribution in [0.5, 0.6) is 0 Å². The van der Waals surface area contributed by atoms with Gasteiger partial charge < -0.3 is 15.1 Å². The molecule has 1 rings (SSSR count). The zero-order chi connectivity index (χ0) is 10.4. The van der Waals surface area contributed by atoms with Crippen LogP contribution < -0.4 is 10.6 Å². The molecule has 0 aliphatic carbocycles. The first-order chi connectivity index (χ1) is 6.68. The maximum absolute atomic E-state index is 10.5. The SMILES string of the molecule is CC(=O)NCCNCc1ccc(I)o1. The second kappa shape index (κ2) is 6.02. The lowest BCUT2D eigenvalue weighted by Gasteiger charge is -2.02. The second-order valence-corrected chi connectivity index (χ2v) is 3.93. The summed E-state index contributed by atoms with van der Waals surface area (Å²) in [6.45, 7) is 3.60. The summed E-state index contributed by atoms with van der Waals surface area (Å²) in [6, 6.07) is 3.86. The van der Waals surface area contributed by atoms with Crippen LogP contribution in [0.2, 0.25) is 0 Å². The van der Waals surface area contributed by atoms with Gasteiger partial charge in [0.05, 0.1) is 6.54 Å². The van der Waals surface area contributed by atoms with Crippen molar-refractivity contribution < 1.29 is 9.21 Å². The van der Waals surface area contributed by atoms with E-state index < -0.39 is 0 Å². The van der Waals surface area contributed by atoms with Gasteiger partial charge in [-0.2, -0.15) is 0 Å². The van der Waals surface area contributed by atoms with Crippen LogP contribution in [0.3, 0.4) is 0 Å². The van der Waals surface area contributed by atoms with Gasteiger partial charge in [0.1, 0.15) is 5.76 Å². The average Bonchev–Trinajstić information content (AvgIpc) is 2.50. The number of carbonyl (C=O) groups excluding carboxylic acids is 1. The quantitative estimate of drug-likeness (QED) is 0.633. The summed E-state index contributed by atoms with van der Waals surface area (Å²) in [5.41, 5.74) is 0. The molecule has 0 fully saturated rings. The molecule has 0 radical (unpaired) electrons. The maximum atomic E-state index is 10.5. The molecule has 0 saturated carbocycles. The number of hydrogen-bond acceptors (Lipinski definition) is 3. The van der Waals surface area contributed by atoms with E-state index in [2.05, 4.69) is 33.2 Å². The number of amides is 1. The summed E-state index contributed by atoms with van der Waals surface area (Å²) >= 11 is 2.13. The third-order valence-electron chi connectivity index (χ3n) is 1.60. The predicted octanol–water partition coefficient (Wildman–Crippen LogP) is 1.11. The van der Waals surface area contributed by atoms with Gasteiger partial charge in [0.25, 0.3) is 0 Å². The van der Waals surface area contributed by atoms with Crippen molar-refractivity contribution in [1.29, 1.82) is 0 Å². The summed E-state index contributed by atoms with van der Waals surface area (Å²) in [7, 11) is 0. The summed E-state index contributed by atoms with van der Waals surface area (Å²) in [5, 5.41) is 5.86. The molecule has 0 aliphatic heterocycles. The van der Waals surface area contributed by atoms with Crippen LogP contribution in [0.1, 0.15) is 12.7 Å². The van der Waals surface area contributed by atoms with Gasteiger partial charge in [0.2, 0.25) is 5.91 Å². The molecular weight excluding hydrogens is 295 g/mol. The lowest BCUT2D eigenvalue weighted by Crippen LogP contribution is -2.29. The Labute approximate surface area is 96.6 Å². The van der Waals surface area contributed by atoms with E-state index in [1.165, 1.54) is 6.92 Å². The van der Waals surface area contributed by atoms with Crippen LogP contribution in [0.25, 0.3) is 0 Å². The minimum Gasteiger partial charge on any atom is -0.454 e. The van der Waals surface area contributed by atoms with Crippen molar-refractivity contribution in [3.63, 3.8) is 0 Å². The van der Waals surface area contributed by atoms with Crippen LogP contribution in [-0.2, 0) is 11.3 Å². The molecule has 4 nitrogen and oxygen atoms in total. The first-order valence-corrected chi connectivity index (χ1v) is 5.46. The largest absolute Gasteiger partial charge is 0.454 e. The van der Waals surface area contributed by atoms with Gasteiger partial charge in [-0.3, -0.25) is 4.79 Å². The Hall–Kier alpha value is -0.560. The highest BCUT2D eigenvalue weighted by atomic mass is 127. The Kier molecular flexibility index (Phi) is 4.95. The van der Waals surface area contributed by atoms with Gasteiger partial charge in [0.15, 0.2) is 3.77 Å². The van der Waals surface area contributed by atoms with Crippen molar-refractivity contribution in [2.45, 2.75) is 13.5 Å². The number of halogens is 1. The van der Waals surface area contributed by atoms with Crippen molar-refractivity contribution in [2.24, 2.45) is 0 Å². The Bertz CT molecular complexity index is 299. The fraction of sp³-hybridized carbons (Fsp3) is 0.444. The minimum absolute atomic E-state index is 0.000605. The molecule has 0 spiro atoms. The van der Waals surface area contributed by atoms with Gasteiger partial charge in [-0.15, -0.1) is 0 Å². The normalized spacial score (nSPS) is 10.1. The van der Waals surface area contributed by atoms with Crippen LogP contribution >= 0.6 is 22.6 Å². The van der Waals surface area contributed by atoms with Crippen molar-refractivity contribution in [2.75, 3.05) is 13.1 Å². The second-order valence-electron chi connectivity index (χ2n) is 2.87. The van der Waals surface area contributed by atoms with E-state index in [9.17, 15) is 4.79 Å². The Morgan fingerprint density at radius 3 is 2.86 bits per heavy atom. The molecule has 0 saturated heterocycles. The number of hydrogen-bond donors (Lipinski definition) is 2. The molecule has 0 atom stereocenters.